The number of carboxylic acid groups (broad SMARTS) is 1. The maximum absolute atomic E-state index is 11.8. The van der Waals surface area contributed by atoms with Crippen molar-refractivity contribution in [3.63, 3.8) is 0 Å². The van der Waals surface area contributed by atoms with Crippen LogP contribution in [0.4, 0.5) is 0 Å². The Kier molecular flexibility index (Phi) is 2.67. The van der Waals surface area contributed by atoms with Crippen molar-refractivity contribution in [3.05, 3.63) is 46.0 Å². The first kappa shape index (κ1) is 11.3. The van der Waals surface area contributed by atoms with Gasteiger partial charge in [0.25, 0.3) is 5.56 Å². The van der Waals surface area contributed by atoms with E-state index in [0.29, 0.717) is 11.3 Å². The minimum atomic E-state index is -1.03. The van der Waals surface area contributed by atoms with Crippen LogP contribution in [0.15, 0.2) is 29.2 Å². The van der Waals surface area contributed by atoms with Crippen molar-refractivity contribution in [2.24, 2.45) is 0 Å². The number of fused-ring (bicyclic) bond motifs is 1. The average Bonchev–Trinajstić information content (AvgIpc) is 2.27. The number of carboxylic acids is 1. The van der Waals surface area contributed by atoms with Crippen LogP contribution in [-0.4, -0.2) is 20.5 Å². The van der Waals surface area contributed by atoms with Crippen LogP contribution in [0.3, 0.4) is 0 Å². The van der Waals surface area contributed by atoms with Gasteiger partial charge in [0, 0.05) is 12.3 Å². The molecular weight excluding hydrogens is 220 g/mol. The molecule has 0 spiro atoms. The number of rotatable bonds is 2. The molecule has 0 unspecified atom stereocenters. The second-order valence-electron chi connectivity index (χ2n) is 4.12. The van der Waals surface area contributed by atoms with Crippen LogP contribution in [0.25, 0.3) is 5.65 Å². The van der Waals surface area contributed by atoms with E-state index in [4.69, 9.17) is 5.11 Å². The van der Waals surface area contributed by atoms with E-state index in [-0.39, 0.29) is 17.0 Å². The molecule has 0 saturated heterocycles. The zero-order chi connectivity index (χ0) is 12.6. The molecule has 88 valence electrons. The normalized spacial score (nSPS) is 11.0. The third-order valence-corrected chi connectivity index (χ3v) is 2.53. The lowest BCUT2D eigenvalue weighted by Crippen LogP contribution is -2.16. The molecule has 5 heteroatoms. The molecule has 2 rings (SSSR count). The monoisotopic (exact) mass is 232 g/mol. The number of nitrogens with zero attached hydrogens (tertiary/aromatic N) is 2. The van der Waals surface area contributed by atoms with E-state index >= 15 is 0 Å². The van der Waals surface area contributed by atoms with Gasteiger partial charge in [0.2, 0.25) is 0 Å². The zero-order valence-electron chi connectivity index (χ0n) is 9.54. The molecule has 2 heterocycles. The predicted octanol–water partition coefficient (Wildman–Crippen LogP) is 1.52. The second kappa shape index (κ2) is 4.01. The molecular formula is C12H12N2O3. The van der Waals surface area contributed by atoms with Crippen molar-refractivity contribution in [2.75, 3.05) is 0 Å². The Labute approximate surface area is 97.4 Å². The summed E-state index contributed by atoms with van der Waals surface area (Å²) in [4.78, 5) is 26.9. The van der Waals surface area contributed by atoms with Gasteiger partial charge < -0.3 is 5.11 Å². The fourth-order valence-corrected chi connectivity index (χ4v) is 1.55. The number of carbonyl (C=O) groups is 1. The van der Waals surface area contributed by atoms with Gasteiger partial charge in [-0.2, -0.15) is 0 Å². The van der Waals surface area contributed by atoms with Gasteiger partial charge in [-0.15, -0.1) is 0 Å². The first-order valence-corrected chi connectivity index (χ1v) is 5.25. The van der Waals surface area contributed by atoms with Crippen molar-refractivity contribution < 1.29 is 9.90 Å². The maximum Gasteiger partial charge on any atom is 0.335 e. The van der Waals surface area contributed by atoms with Crippen molar-refractivity contribution in [3.8, 4) is 0 Å². The van der Waals surface area contributed by atoms with E-state index < -0.39 is 5.97 Å². The minimum absolute atomic E-state index is 0.123. The molecule has 0 saturated carbocycles. The average molecular weight is 232 g/mol. The molecule has 0 aliphatic carbocycles. The highest BCUT2D eigenvalue weighted by molar-refractivity contribution is 5.88. The molecule has 2 aromatic rings. The molecule has 0 bridgehead atoms. The lowest BCUT2D eigenvalue weighted by atomic mass is 10.1. The Hall–Kier alpha value is -2.17. The highest BCUT2D eigenvalue weighted by Gasteiger charge is 2.08. The molecule has 0 aliphatic heterocycles. The molecule has 0 fully saturated rings. The summed E-state index contributed by atoms with van der Waals surface area (Å²) in [6, 6.07) is 4.25. The fraction of sp³-hybridized carbons (Fsp3) is 0.250. The van der Waals surface area contributed by atoms with Crippen LogP contribution in [0.1, 0.15) is 35.8 Å². The Morgan fingerprint density at radius 2 is 2.12 bits per heavy atom. The summed E-state index contributed by atoms with van der Waals surface area (Å²) in [5, 5.41) is 8.88. The molecule has 0 aliphatic rings. The second-order valence-corrected chi connectivity index (χ2v) is 4.12. The van der Waals surface area contributed by atoms with Gasteiger partial charge >= 0.3 is 5.97 Å². The number of aromatic nitrogens is 2. The number of pyridine rings is 1. The Morgan fingerprint density at radius 3 is 2.71 bits per heavy atom. The summed E-state index contributed by atoms with van der Waals surface area (Å²) in [5.74, 6) is -0.905. The Balaban J connectivity index is 2.75. The van der Waals surface area contributed by atoms with Gasteiger partial charge in [-0.1, -0.05) is 13.8 Å². The van der Waals surface area contributed by atoms with Crippen LogP contribution >= 0.6 is 0 Å². The molecule has 5 nitrogen and oxygen atoms in total. The predicted molar refractivity (Wildman–Crippen MR) is 62.5 cm³/mol. The Bertz CT molecular complexity index is 644. The van der Waals surface area contributed by atoms with E-state index in [2.05, 4.69) is 4.98 Å². The topological polar surface area (TPSA) is 71.7 Å². The van der Waals surface area contributed by atoms with Gasteiger partial charge in [0.15, 0.2) is 0 Å². The summed E-state index contributed by atoms with van der Waals surface area (Å²) in [6.07, 6.45) is 1.43. The number of hydrogen-bond donors (Lipinski definition) is 1. The number of aromatic carboxylic acids is 1. The van der Waals surface area contributed by atoms with Crippen molar-refractivity contribution in [1.82, 2.24) is 9.38 Å². The van der Waals surface area contributed by atoms with Crippen LogP contribution in [0, 0.1) is 0 Å². The lowest BCUT2D eigenvalue weighted by molar-refractivity contribution is 0.0697. The summed E-state index contributed by atoms with van der Waals surface area (Å²) < 4.78 is 1.33. The summed E-state index contributed by atoms with van der Waals surface area (Å²) in [7, 11) is 0. The first-order valence-electron chi connectivity index (χ1n) is 5.25. The molecule has 0 atom stereocenters. The van der Waals surface area contributed by atoms with Crippen molar-refractivity contribution >= 4 is 11.6 Å². The molecule has 17 heavy (non-hydrogen) atoms. The highest BCUT2D eigenvalue weighted by Crippen LogP contribution is 2.11. The van der Waals surface area contributed by atoms with Gasteiger partial charge in [0.05, 0.1) is 11.3 Å². The van der Waals surface area contributed by atoms with Crippen LogP contribution in [-0.2, 0) is 0 Å². The minimum Gasteiger partial charge on any atom is -0.478 e. The standard InChI is InChI=1S/C12H12N2O3/c1-7(2)9-6-11(15)14-4-3-8(12(16)17)5-10(14)13-9/h3-7H,1-2H3,(H,16,17). The van der Waals surface area contributed by atoms with Crippen LogP contribution < -0.4 is 5.56 Å². The summed E-state index contributed by atoms with van der Waals surface area (Å²) >= 11 is 0. The van der Waals surface area contributed by atoms with Gasteiger partial charge in [-0.05, 0) is 18.1 Å². The largest absolute Gasteiger partial charge is 0.478 e. The third kappa shape index (κ3) is 2.04. The van der Waals surface area contributed by atoms with Crippen LogP contribution in [0.5, 0.6) is 0 Å². The summed E-state index contributed by atoms with van der Waals surface area (Å²) in [5.41, 5.74) is 0.951. The number of hydrogen-bond acceptors (Lipinski definition) is 3. The van der Waals surface area contributed by atoms with Crippen molar-refractivity contribution in [2.45, 2.75) is 19.8 Å². The molecule has 1 N–H and O–H groups in total. The molecule has 0 aromatic carbocycles. The van der Waals surface area contributed by atoms with E-state index in [0.717, 1.165) is 0 Å². The molecule has 0 radical (unpaired) electrons. The molecule has 2 aromatic heterocycles. The maximum atomic E-state index is 11.8. The highest BCUT2D eigenvalue weighted by atomic mass is 16.4. The first-order chi connectivity index (χ1) is 7.99. The zero-order valence-corrected chi connectivity index (χ0v) is 9.54. The van der Waals surface area contributed by atoms with E-state index in [1.165, 1.54) is 28.8 Å². The summed E-state index contributed by atoms with van der Waals surface area (Å²) in [6.45, 7) is 3.86. The van der Waals surface area contributed by atoms with E-state index in [9.17, 15) is 9.59 Å². The van der Waals surface area contributed by atoms with Gasteiger partial charge in [-0.25, -0.2) is 9.78 Å². The lowest BCUT2D eigenvalue weighted by Gasteiger charge is -2.06. The quantitative estimate of drug-likeness (QED) is 0.852. The van der Waals surface area contributed by atoms with Gasteiger partial charge in [-0.3, -0.25) is 9.20 Å². The molecule has 0 amide bonds. The van der Waals surface area contributed by atoms with Gasteiger partial charge in [0.1, 0.15) is 5.65 Å². The SMILES string of the molecule is CC(C)c1cc(=O)n2ccc(C(=O)O)cc2n1. The van der Waals surface area contributed by atoms with E-state index in [1.807, 2.05) is 13.8 Å². The van der Waals surface area contributed by atoms with Crippen molar-refractivity contribution in [1.29, 1.82) is 0 Å². The fourth-order valence-electron chi connectivity index (χ4n) is 1.55. The smallest absolute Gasteiger partial charge is 0.335 e. The van der Waals surface area contributed by atoms with Crippen LogP contribution in [0.2, 0.25) is 0 Å². The third-order valence-electron chi connectivity index (χ3n) is 2.53. The van der Waals surface area contributed by atoms with E-state index in [1.54, 1.807) is 0 Å². The Morgan fingerprint density at radius 1 is 1.41 bits per heavy atom.